The van der Waals surface area contributed by atoms with E-state index in [4.69, 9.17) is 9.47 Å². The third kappa shape index (κ3) is 5.84. The van der Waals surface area contributed by atoms with Crippen molar-refractivity contribution in [3.05, 3.63) is 34.9 Å². The molecule has 34 heavy (non-hydrogen) atoms. The number of amides is 1. The van der Waals surface area contributed by atoms with Crippen LogP contribution in [0.25, 0.3) is 0 Å². The van der Waals surface area contributed by atoms with Gasteiger partial charge in [-0.3, -0.25) is 4.79 Å². The van der Waals surface area contributed by atoms with E-state index in [1.807, 2.05) is 19.9 Å². The molecule has 0 saturated heterocycles. The normalized spacial score (nSPS) is 21.6. The number of allylic oxidation sites excluding steroid dienone is 2. The lowest BCUT2D eigenvalue weighted by molar-refractivity contribution is -0.140. The minimum absolute atomic E-state index is 0.0775. The van der Waals surface area contributed by atoms with Gasteiger partial charge in [0.05, 0.1) is 0 Å². The maximum Gasteiger partial charge on any atom is 0.334 e. The van der Waals surface area contributed by atoms with Gasteiger partial charge in [-0.1, -0.05) is 52.2 Å². The Labute approximate surface area is 205 Å². The highest BCUT2D eigenvalue weighted by atomic mass is 16.5. The summed E-state index contributed by atoms with van der Waals surface area (Å²) in [6, 6.07) is 3.49. The molecule has 0 aromatic heterocycles. The molecule has 1 aromatic rings. The van der Waals surface area contributed by atoms with Crippen molar-refractivity contribution in [3.63, 3.8) is 0 Å². The largest absolute Gasteiger partial charge is 0.487 e. The number of unbranched alkanes of at least 4 members (excludes halogenated alkanes) is 2. The van der Waals surface area contributed by atoms with Gasteiger partial charge in [-0.25, -0.2) is 4.79 Å². The molecule has 5 nitrogen and oxygen atoms in total. The fraction of sp³-hybridized carbons (Fsp3) is 0.655. The van der Waals surface area contributed by atoms with Gasteiger partial charge < -0.3 is 14.8 Å². The number of nitrogens with one attached hydrogen (secondary N) is 1. The molecular weight excluding hydrogens is 426 g/mol. The molecule has 1 aromatic carbocycles. The molecule has 3 rings (SSSR count). The van der Waals surface area contributed by atoms with Crippen LogP contribution in [0.4, 0.5) is 0 Å². The van der Waals surface area contributed by atoms with Gasteiger partial charge in [0.15, 0.2) is 0 Å². The first-order chi connectivity index (χ1) is 16.1. The number of ether oxygens (including phenoxy) is 2. The quantitative estimate of drug-likeness (QED) is 0.194. The van der Waals surface area contributed by atoms with E-state index in [0.717, 1.165) is 55.4 Å². The molecule has 0 spiro atoms. The number of carbonyl (C=O) groups excluding carboxylic acids is 2. The summed E-state index contributed by atoms with van der Waals surface area (Å²) in [6.07, 6.45) is 9.08. The van der Waals surface area contributed by atoms with E-state index in [1.54, 1.807) is 6.92 Å². The molecule has 1 aliphatic carbocycles. The number of esters is 1. The molecule has 0 bridgehead atoms. The van der Waals surface area contributed by atoms with Crippen LogP contribution in [0.1, 0.15) is 104 Å². The third-order valence-corrected chi connectivity index (χ3v) is 7.35. The number of hydrogen-bond donors (Lipinski definition) is 1. The van der Waals surface area contributed by atoms with Gasteiger partial charge in [-0.15, -0.1) is 0 Å². The Morgan fingerprint density at radius 2 is 1.94 bits per heavy atom. The monoisotopic (exact) mass is 469 g/mol. The number of hydrogen-bond acceptors (Lipinski definition) is 4. The highest BCUT2D eigenvalue weighted by Gasteiger charge is 2.45. The molecule has 0 radical (unpaired) electrons. The molecular formula is C29H43NO4. The van der Waals surface area contributed by atoms with Gasteiger partial charge in [0, 0.05) is 23.8 Å². The summed E-state index contributed by atoms with van der Waals surface area (Å²) in [5, 5.41) is 2.84. The summed E-state index contributed by atoms with van der Waals surface area (Å²) >= 11 is 0. The molecule has 1 aliphatic heterocycles. The maximum absolute atomic E-state index is 13.3. The standard InChI is InChI=1S/C29H43NO4/c1-8-10-11-12-20-16-23(33-28(32)27(18(3)4)30-25(31)9-2)26-21-15-19(5)13-14-22(21)29(6,7)34-24(26)17-20/h15-18,21-22,27H,8-14H2,1-7H3,(H,30,31)/t21?,22?,27-/m0/s1. The van der Waals surface area contributed by atoms with E-state index in [9.17, 15) is 9.59 Å². The zero-order valence-electron chi connectivity index (χ0n) is 22.1. The zero-order chi connectivity index (χ0) is 25.0. The molecule has 1 N–H and O–H groups in total. The van der Waals surface area contributed by atoms with Crippen molar-refractivity contribution in [1.82, 2.24) is 5.32 Å². The van der Waals surface area contributed by atoms with Crippen molar-refractivity contribution in [3.8, 4) is 11.5 Å². The Morgan fingerprint density at radius 1 is 1.21 bits per heavy atom. The van der Waals surface area contributed by atoms with Crippen molar-refractivity contribution in [2.75, 3.05) is 0 Å². The lowest BCUT2D eigenvalue weighted by atomic mass is 9.68. The number of benzene rings is 1. The van der Waals surface area contributed by atoms with E-state index in [1.165, 1.54) is 5.57 Å². The molecule has 2 unspecified atom stereocenters. The summed E-state index contributed by atoms with van der Waals surface area (Å²) in [6.45, 7) is 14.4. The van der Waals surface area contributed by atoms with Crippen molar-refractivity contribution >= 4 is 11.9 Å². The van der Waals surface area contributed by atoms with E-state index in [-0.39, 0.29) is 23.3 Å². The minimum atomic E-state index is -0.688. The lowest BCUT2D eigenvalue weighted by Crippen LogP contribution is -2.47. The second kappa shape index (κ2) is 11.0. The van der Waals surface area contributed by atoms with Crippen molar-refractivity contribution in [1.29, 1.82) is 0 Å². The minimum Gasteiger partial charge on any atom is -0.487 e. The van der Waals surface area contributed by atoms with Crippen LogP contribution in [0.3, 0.4) is 0 Å². The van der Waals surface area contributed by atoms with Crippen molar-refractivity contribution in [2.45, 2.75) is 111 Å². The van der Waals surface area contributed by atoms with Crippen LogP contribution in [-0.2, 0) is 16.0 Å². The lowest BCUT2D eigenvalue weighted by Gasteiger charge is -2.46. The summed E-state index contributed by atoms with van der Waals surface area (Å²) in [4.78, 5) is 25.4. The fourth-order valence-electron chi connectivity index (χ4n) is 5.31. The summed E-state index contributed by atoms with van der Waals surface area (Å²) in [7, 11) is 0. The number of aryl methyl sites for hydroxylation is 1. The van der Waals surface area contributed by atoms with Gasteiger partial charge in [-0.2, -0.15) is 0 Å². The van der Waals surface area contributed by atoms with Crippen molar-refractivity contribution < 1.29 is 19.1 Å². The molecule has 0 fully saturated rings. The first-order valence-electron chi connectivity index (χ1n) is 13.1. The Balaban J connectivity index is 2.04. The smallest absolute Gasteiger partial charge is 0.334 e. The van der Waals surface area contributed by atoms with Crippen molar-refractivity contribution in [2.24, 2.45) is 11.8 Å². The maximum atomic E-state index is 13.3. The van der Waals surface area contributed by atoms with Crippen LogP contribution in [-0.4, -0.2) is 23.5 Å². The number of fused-ring (bicyclic) bond motifs is 3. The van der Waals surface area contributed by atoms with Gasteiger partial charge in [0.2, 0.25) is 5.91 Å². The number of carbonyl (C=O) groups is 2. The summed E-state index contributed by atoms with van der Waals surface area (Å²) in [5.41, 5.74) is 3.16. The van der Waals surface area contributed by atoms with Gasteiger partial charge >= 0.3 is 5.97 Å². The highest BCUT2D eigenvalue weighted by Crippen LogP contribution is 2.53. The van der Waals surface area contributed by atoms with Crippen LogP contribution in [0, 0.1) is 11.8 Å². The molecule has 5 heteroatoms. The Kier molecular flexibility index (Phi) is 8.48. The average molecular weight is 470 g/mol. The van der Waals surface area contributed by atoms with Crippen LogP contribution in [0.5, 0.6) is 11.5 Å². The van der Waals surface area contributed by atoms with E-state index in [0.29, 0.717) is 18.1 Å². The first-order valence-corrected chi connectivity index (χ1v) is 13.1. The van der Waals surface area contributed by atoms with Crippen LogP contribution in [0.15, 0.2) is 23.8 Å². The predicted molar refractivity (Wildman–Crippen MR) is 136 cm³/mol. The van der Waals surface area contributed by atoms with Gasteiger partial charge in [0.1, 0.15) is 23.1 Å². The molecule has 0 saturated carbocycles. The molecule has 188 valence electrons. The Bertz CT molecular complexity index is 930. The predicted octanol–water partition coefficient (Wildman–Crippen LogP) is 6.49. The van der Waals surface area contributed by atoms with Crippen LogP contribution in [0.2, 0.25) is 0 Å². The zero-order valence-corrected chi connectivity index (χ0v) is 22.1. The Morgan fingerprint density at radius 3 is 2.59 bits per heavy atom. The van der Waals surface area contributed by atoms with E-state index >= 15 is 0 Å². The highest BCUT2D eigenvalue weighted by molar-refractivity contribution is 5.86. The molecule has 2 aliphatic rings. The first kappa shape index (κ1) is 26.3. The fourth-order valence-corrected chi connectivity index (χ4v) is 5.31. The topological polar surface area (TPSA) is 64.6 Å². The third-order valence-electron chi connectivity index (χ3n) is 7.35. The molecule has 1 amide bonds. The number of rotatable bonds is 9. The van der Waals surface area contributed by atoms with E-state index in [2.05, 4.69) is 45.2 Å². The SMILES string of the molecule is CCCCCc1cc(OC(=O)[C@@H](NC(=O)CC)C(C)C)c2c(c1)OC(C)(C)C1CCC(C)=CC21. The summed E-state index contributed by atoms with van der Waals surface area (Å²) < 4.78 is 12.7. The summed E-state index contributed by atoms with van der Waals surface area (Å²) in [5.74, 6) is 1.22. The second-order valence-electron chi connectivity index (χ2n) is 10.9. The average Bonchev–Trinajstić information content (AvgIpc) is 2.76. The van der Waals surface area contributed by atoms with Crippen LogP contribution >= 0.6 is 0 Å². The van der Waals surface area contributed by atoms with Crippen LogP contribution < -0.4 is 14.8 Å². The van der Waals surface area contributed by atoms with Gasteiger partial charge in [-0.05, 0) is 70.1 Å². The molecule has 3 atom stereocenters. The van der Waals surface area contributed by atoms with Gasteiger partial charge in [0.25, 0.3) is 0 Å². The second-order valence-corrected chi connectivity index (χ2v) is 10.9. The molecule has 1 heterocycles. The Hall–Kier alpha value is -2.30. The van der Waals surface area contributed by atoms with E-state index < -0.39 is 12.0 Å².